The summed E-state index contributed by atoms with van der Waals surface area (Å²) < 4.78 is 5.21. The van der Waals surface area contributed by atoms with Gasteiger partial charge in [0.2, 0.25) is 0 Å². The Morgan fingerprint density at radius 2 is 2.33 bits per heavy atom. The van der Waals surface area contributed by atoms with Crippen LogP contribution in [0.1, 0.15) is 19.8 Å². The molecule has 5 heteroatoms. The van der Waals surface area contributed by atoms with Crippen molar-refractivity contribution in [2.75, 3.05) is 20.3 Å². The molecule has 0 aromatic rings. The van der Waals surface area contributed by atoms with Crippen LogP contribution in [0.2, 0.25) is 0 Å². The SMILES string of the molecule is CCN1C(=O)NC(=N)C1(COC)C1CC1. The number of likely N-dealkylation sites (N-methyl/N-ethyl adjacent to an activating group) is 1. The maximum absolute atomic E-state index is 11.7. The number of urea groups is 1. The lowest BCUT2D eigenvalue weighted by molar-refractivity contribution is 0.0747. The van der Waals surface area contributed by atoms with Gasteiger partial charge >= 0.3 is 6.03 Å². The smallest absolute Gasteiger partial charge is 0.323 e. The molecule has 2 rings (SSSR count). The van der Waals surface area contributed by atoms with Crippen LogP contribution in [0, 0.1) is 11.3 Å². The summed E-state index contributed by atoms with van der Waals surface area (Å²) in [4.78, 5) is 13.4. The minimum absolute atomic E-state index is 0.161. The number of carbonyl (C=O) groups excluding carboxylic acids is 1. The van der Waals surface area contributed by atoms with Crippen molar-refractivity contribution in [2.24, 2.45) is 5.92 Å². The second-order valence-electron chi connectivity index (χ2n) is 4.18. The Balaban J connectivity index is 2.33. The first kappa shape index (κ1) is 10.4. The quantitative estimate of drug-likeness (QED) is 0.722. The predicted molar refractivity (Wildman–Crippen MR) is 56.0 cm³/mol. The molecule has 0 aromatic carbocycles. The molecular weight excluding hydrogens is 194 g/mol. The number of ether oxygens (including phenoxy) is 1. The second kappa shape index (κ2) is 3.48. The minimum atomic E-state index is -0.513. The van der Waals surface area contributed by atoms with Crippen LogP contribution in [0.4, 0.5) is 4.79 Å². The Morgan fingerprint density at radius 3 is 2.80 bits per heavy atom. The Labute approximate surface area is 89.3 Å². The van der Waals surface area contributed by atoms with Crippen molar-refractivity contribution in [3.8, 4) is 0 Å². The Hall–Kier alpha value is -1.10. The molecule has 1 heterocycles. The maximum Gasteiger partial charge on any atom is 0.323 e. The number of nitrogens with zero attached hydrogens (tertiary/aromatic N) is 1. The molecule has 1 saturated heterocycles. The van der Waals surface area contributed by atoms with E-state index in [9.17, 15) is 4.79 Å². The molecule has 2 amide bonds. The van der Waals surface area contributed by atoms with Crippen molar-refractivity contribution in [1.29, 1.82) is 5.41 Å². The summed E-state index contributed by atoms with van der Waals surface area (Å²) >= 11 is 0. The molecular formula is C10H17N3O2. The summed E-state index contributed by atoms with van der Waals surface area (Å²) in [6, 6.07) is -0.161. The van der Waals surface area contributed by atoms with Crippen molar-refractivity contribution in [3.63, 3.8) is 0 Å². The molecule has 0 aromatic heterocycles. The number of carbonyl (C=O) groups is 1. The van der Waals surface area contributed by atoms with Gasteiger partial charge in [-0.25, -0.2) is 4.79 Å². The molecule has 1 atom stereocenters. The summed E-state index contributed by atoms with van der Waals surface area (Å²) in [6.07, 6.45) is 2.16. The van der Waals surface area contributed by atoms with Gasteiger partial charge in [0, 0.05) is 13.7 Å². The normalized spacial score (nSPS) is 30.9. The summed E-state index contributed by atoms with van der Waals surface area (Å²) in [6.45, 7) is 2.97. The highest BCUT2D eigenvalue weighted by Crippen LogP contribution is 2.45. The third kappa shape index (κ3) is 1.33. The zero-order chi connectivity index (χ0) is 11.1. The minimum Gasteiger partial charge on any atom is -0.382 e. The molecule has 2 N–H and O–H groups in total. The van der Waals surface area contributed by atoms with Crippen LogP contribution < -0.4 is 5.32 Å². The number of hydrogen-bond donors (Lipinski definition) is 2. The van der Waals surface area contributed by atoms with Crippen LogP contribution in [0.15, 0.2) is 0 Å². The van der Waals surface area contributed by atoms with Crippen molar-refractivity contribution < 1.29 is 9.53 Å². The molecule has 5 nitrogen and oxygen atoms in total. The second-order valence-corrected chi connectivity index (χ2v) is 4.18. The number of methoxy groups -OCH3 is 1. The van der Waals surface area contributed by atoms with E-state index in [0.29, 0.717) is 24.9 Å². The average Bonchev–Trinajstić information content (AvgIpc) is 2.97. The van der Waals surface area contributed by atoms with Crippen molar-refractivity contribution in [2.45, 2.75) is 25.3 Å². The standard InChI is InChI=1S/C10H17N3O2/c1-3-13-9(14)12-8(11)10(13,6-15-2)7-4-5-7/h7H,3-6H2,1-2H3,(H2,11,12,14). The van der Waals surface area contributed by atoms with Crippen LogP contribution in [0.5, 0.6) is 0 Å². The Kier molecular flexibility index (Phi) is 2.42. The van der Waals surface area contributed by atoms with Gasteiger partial charge in [-0.3, -0.25) is 10.7 Å². The van der Waals surface area contributed by atoms with Gasteiger partial charge in [-0.1, -0.05) is 0 Å². The summed E-state index contributed by atoms with van der Waals surface area (Å²) in [5.41, 5.74) is -0.513. The van der Waals surface area contributed by atoms with Crippen LogP contribution in [-0.4, -0.2) is 42.6 Å². The molecule has 84 valence electrons. The van der Waals surface area contributed by atoms with E-state index in [1.165, 1.54) is 0 Å². The van der Waals surface area contributed by atoms with Crippen LogP contribution in [-0.2, 0) is 4.74 Å². The van der Waals surface area contributed by atoms with E-state index in [0.717, 1.165) is 12.8 Å². The molecule has 15 heavy (non-hydrogen) atoms. The zero-order valence-corrected chi connectivity index (χ0v) is 9.17. The molecule has 0 spiro atoms. The van der Waals surface area contributed by atoms with Crippen LogP contribution in [0.3, 0.4) is 0 Å². The van der Waals surface area contributed by atoms with E-state index in [1.54, 1.807) is 12.0 Å². The number of amides is 2. The number of rotatable bonds is 4. The van der Waals surface area contributed by atoms with Gasteiger partial charge in [0.1, 0.15) is 11.4 Å². The summed E-state index contributed by atoms with van der Waals surface area (Å²) in [7, 11) is 1.62. The fourth-order valence-corrected chi connectivity index (χ4v) is 2.50. The first-order chi connectivity index (χ1) is 7.16. The van der Waals surface area contributed by atoms with Crippen LogP contribution >= 0.6 is 0 Å². The largest absolute Gasteiger partial charge is 0.382 e. The first-order valence-electron chi connectivity index (χ1n) is 5.33. The molecule has 0 radical (unpaired) electrons. The van der Waals surface area contributed by atoms with E-state index >= 15 is 0 Å². The highest BCUT2D eigenvalue weighted by Gasteiger charge is 2.58. The first-order valence-corrected chi connectivity index (χ1v) is 5.33. The molecule has 0 bridgehead atoms. The maximum atomic E-state index is 11.7. The highest BCUT2D eigenvalue weighted by atomic mass is 16.5. The van der Waals surface area contributed by atoms with Gasteiger partial charge in [0.25, 0.3) is 0 Å². The monoisotopic (exact) mass is 211 g/mol. The van der Waals surface area contributed by atoms with Gasteiger partial charge < -0.3 is 9.64 Å². The Bertz CT molecular complexity index is 301. The number of amidine groups is 1. The highest BCUT2D eigenvalue weighted by molar-refractivity contribution is 6.09. The third-order valence-corrected chi connectivity index (χ3v) is 3.32. The summed E-state index contributed by atoms with van der Waals surface area (Å²) in [5.74, 6) is 0.697. The lowest BCUT2D eigenvalue weighted by Crippen LogP contribution is -2.54. The van der Waals surface area contributed by atoms with E-state index in [1.807, 2.05) is 6.92 Å². The van der Waals surface area contributed by atoms with Crippen LogP contribution in [0.25, 0.3) is 0 Å². The van der Waals surface area contributed by atoms with Gasteiger partial charge in [-0.2, -0.15) is 0 Å². The number of nitrogens with one attached hydrogen (secondary N) is 2. The molecule has 1 aliphatic heterocycles. The van der Waals surface area contributed by atoms with Gasteiger partial charge in [0.05, 0.1) is 6.61 Å². The summed E-state index contributed by atoms with van der Waals surface area (Å²) in [5, 5.41) is 10.5. The van der Waals surface area contributed by atoms with Crippen molar-refractivity contribution in [1.82, 2.24) is 10.2 Å². The fraction of sp³-hybridized carbons (Fsp3) is 0.800. The molecule has 2 fully saturated rings. The fourth-order valence-electron chi connectivity index (χ4n) is 2.50. The van der Waals surface area contributed by atoms with Crippen molar-refractivity contribution >= 4 is 11.9 Å². The van der Waals surface area contributed by atoms with E-state index < -0.39 is 5.54 Å². The average molecular weight is 211 g/mol. The zero-order valence-electron chi connectivity index (χ0n) is 9.17. The third-order valence-electron chi connectivity index (χ3n) is 3.32. The van der Waals surface area contributed by atoms with Gasteiger partial charge in [0.15, 0.2) is 0 Å². The van der Waals surface area contributed by atoms with E-state index in [4.69, 9.17) is 10.1 Å². The predicted octanol–water partition coefficient (Wildman–Crippen LogP) is 0.804. The lowest BCUT2D eigenvalue weighted by Gasteiger charge is -2.35. The topological polar surface area (TPSA) is 65.4 Å². The molecule has 1 aliphatic carbocycles. The molecule has 1 unspecified atom stereocenters. The lowest BCUT2D eigenvalue weighted by atomic mass is 9.92. The molecule has 1 saturated carbocycles. The number of hydrogen-bond acceptors (Lipinski definition) is 3. The Morgan fingerprint density at radius 1 is 1.67 bits per heavy atom. The van der Waals surface area contributed by atoms with E-state index in [2.05, 4.69) is 5.32 Å². The van der Waals surface area contributed by atoms with E-state index in [-0.39, 0.29) is 6.03 Å². The molecule has 2 aliphatic rings. The van der Waals surface area contributed by atoms with Crippen molar-refractivity contribution in [3.05, 3.63) is 0 Å². The van der Waals surface area contributed by atoms with Gasteiger partial charge in [-0.15, -0.1) is 0 Å². The van der Waals surface area contributed by atoms with Gasteiger partial charge in [-0.05, 0) is 25.7 Å².